The van der Waals surface area contributed by atoms with Crippen molar-refractivity contribution in [1.82, 2.24) is 0 Å². The van der Waals surface area contributed by atoms with Crippen molar-refractivity contribution in [2.75, 3.05) is 6.61 Å². The van der Waals surface area contributed by atoms with Crippen LogP contribution in [0.5, 0.6) is 5.75 Å². The van der Waals surface area contributed by atoms with Crippen molar-refractivity contribution < 1.29 is 9.57 Å². The fourth-order valence-electron chi connectivity index (χ4n) is 2.23. The topological polar surface area (TPSA) is 30.8 Å². The lowest BCUT2D eigenvalue weighted by molar-refractivity contribution is 0.270. The van der Waals surface area contributed by atoms with Gasteiger partial charge in [-0.05, 0) is 35.0 Å². The first-order valence-electron chi connectivity index (χ1n) is 7.94. The summed E-state index contributed by atoms with van der Waals surface area (Å²) in [6.07, 6.45) is 0.817. The molecular weight excluding hydrogens is 298 g/mol. The molecule has 0 fully saturated rings. The molecule has 0 radical (unpaired) electrons. The molecule has 3 aromatic carbocycles. The maximum Gasteiger partial charge on any atom is 0.258 e. The summed E-state index contributed by atoms with van der Waals surface area (Å²) in [5, 5.41) is 4.19. The Balaban J connectivity index is 1.68. The molecule has 0 atom stereocenters. The summed E-state index contributed by atoms with van der Waals surface area (Å²) in [4.78, 5) is 5.49. The second kappa shape index (κ2) is 8.53. The van der Waals surface area contributed by atoms with Crippen LogP contribution in [0, 0.1) is 0 Å². The van der Waals surface area contributed by atoms with Crippen molar-refractivity contribution in [2.45, 2.75) is 6.42 Å². The minimum atomic E-state index is 0.482. The number of hydrogen-bond donors (Lipinski definition) is 0. The molecule has 0 amide bonds. The van der Waals surface area contributed by atoms with E-state index in [0.717, 1.165) is 12.0 Å². The molecule has 0 aliphatic heterocycles. The van der Waals surface area contributed by atoms with Crippen molar-refractivity contribution in [1.29, 1.82) is 0 Å². The van der Waals surface area contributed by atoms with Crippen LogP contribution < -0.4 is 4.84 Å². The number of oxime groups is 1. The first-order chi connectivity index (χ1) is 11.9. The third-order valence-electron chi connectivity index (χ3n) is 3.47. The van der Waals surface area contributed by atoms with Crippen molar-refractivity contribution in [3.8, 4) is 5.75 Å². The van der Waals surface area contributed by atoms with Gasteiger partial charge in [-0.2, -0.15) is 0 Å². The summed E-state index contributed by atoms with van der Waals surface area (Å²) in [6.45, 7) is 0.538. The smallest absolute Gasteiger partial charge is 0.258 e. The van der Waals surface area contributed by atoms with E-state index in [4.69, 9.17) is 9.57 Å². The highest BCUT2D eigenvalue weighted by Gasteiger charge is 2.06. The minimum Gasteiger partial charge on any atom is -0.475 e. The van der Waals surface area contributed by atoms with Crippen molar-refractivity contribution in [3.63, 3.8) is 0 Å². The standard InChI is InChI=1S/C21H19NO2/c1-4-10-18(11-5-1)16-17-23-21(19-12-6-2-7-13-19)22-24-20-14-8-3-9-15-20/h1-15H,16-17H2/b22-21-. The van der Waals surface area contributed by atoms with E-state index in [1.807, 2.05) is 78.9 Å². The predicted octanol–water partition coefficient (Wildman–Crippen LogP) is 4.69. The van der Waals surface area contributed by atoms with Gasteiger partial charge in [-0.3, -0.25) is 0 Å². The lowest BCUT2D eigenvalue weighted by Crippen LogP contribution is -2.11. The van der Waals surface area contributed by atoms with Gasteiger partial charge in [0.2, 0.25) is 0 Å². The van der Waals surface area contributed by atoms with Crippen LogP contribution in [0.15, 0.2) is 96.2 Å². The molecule has 0 aliphatic carbocycles. The van der Waals surface area contributed by atoms with Crippen LogP contribution in [0.1, 0.15) is 11.1 Å². The summed E-state index contributed by atoms with van der Waals surface area (Å²) in [5.74, 6) is 1.16. The van der Waals surface area contributed by atoms with Crippen LogP contribution in [0.3, 0.4) is 0 Å². The quantitative estimate of drug-likeness (QED) is 0.375. The zero-order valence-corrected chi connectivity index (χ0v) is 13.3. The van der Waals surface area contributed by atoms with Gasteiger partial charge in [0.25, 0.3) is 5.90 Å². The Kier molecular flexibility index (Phi) is 5.62. The number of nitrogens with zero attached hydrogens (tertiary/aromatic N) is 1. The minimum absolute atomic E-state index is 0.482. The zero-order valence-electron chi connectivity index (χ0n) is 13.3. The Hall–Kier alpha value is -3.07. The van der Waals surface area contributed by atoms with Gasteiger partial charge >= 0.3 is 0 Å². The van der Waals surface area contributed by atoms with Gasteiger partial charge in [0.1, 0.15) is 0 Å². The summed E-state index contributed by atoms with van der Waals surface area (Å²) in [6, 6.07) is 29.5. The number of rotatable bonds is 6. The zero-order chi connectivity index (χ0) is 16.5. The van der Waals surface area contributed by atoms with Gasteiger partial charge in [-0.15, -0.1) is 0 Å². The molecule has 0 saturated carbocycles. The molecular formula is C21H19NO2. The van der Waals surface area contributed by atoms with Crippen molar-refractivity contribution >= 4 is 5.90 Å². The van der Waals surface area contributed by atoms with E-state index in [9.17, 15) is 0 Å². The third kappa shape index (κ3) is 4.71. The molecule has 0 aromatic heterocycles. The van der Waals surface area contributed by atoms with E-state index in [1.165, 1.54) is 5.56 Å². The molecule has 0 bridgehead atoms. The molecule has 0 aliphatic rings. The van der Waals surface area contributed by atoms with Gasteiger partial charge in [0.15, 0.2) is 5.75 Å². The Morgan fingerprint density at radius 1 is 0.708 bits per heavy atom. The Labute approximate surface area is 142 Å². The second-order valence-electron chi connectivity index (χ2n) is 5.25. The molecule has 0 unspecified atom stereocenters. The highest BCUT2D eigenvalue weighted by molar-refractivity contribution is 5.93. The molecule has 3 heteroatoms. The highest BCUT2D eigenvalue weighted by atomic mass is 16.6. The Morgan fingerprint density at radius 3 is 1.96 bits per heavy atom. The van der Waals surface area contributed by atoms with Crippen LogP contribution in [0.4, 0.5) is 0 Å². The Bertz CT molecular complexity index is 756. The van der Waals surface area contributed by atoms with E-state index in [2.05, 4.69) is 17.3 Å². The number of para-hydroxylation sites is 1. The lowest BCUT2D eigenvalue weighted by Gasteiger charge is -2.09. The fourth-order valence-corrected chi connectivity index (χ4v) is 2.23. The van der Waals surface area contributed by atoms with E-state index in [-0.39, 0.29) is 0 Å². The largest absolute Gasteiger partial charge is 0.475 e. The van der Waals surface area contributed by atoms with Crippen LogP contribution in [-0.4, -0.2) is 12.5 Å². The first kappa shape index (κ1) is 15.8. The predicted molar refractivity (Wildman–Crippen MR) is 96.1 cm³/mol. The SMILES string of the molecule is c1ccc(CCO/C(=N\Oc2ccccc2)c2ccccc2)cc1. The van der Waals surface area contributed by atoms with Crippen LogP contribution in [0.25, 0.3) is 0 Å². The van der Waals surface area contributed by atoms with Crippen molar-refractivity contribution in [3.05, 3.63) is 102 Å². The normalized spacial score (nSPS) is 11.1. The van der Waals surface area contributed by atoms with Gasteiger partial charge in [0, 0.05) is 12.0 Å². The van der Waals surface area contributed by atoms with Crippen LogP contribution in [-0.2, 0) is 11.2 Å². The second-order valence-corrected chi connectivity index (χ2v) is 5.25. The average molecular weight is 317 g/mol. The van der Waals surface area contributed by atoms with Crippen LogP contribution in [0.2, 0.25) is 0 Å². The third-order valence-corrected chi connectivity index (χ3v) is 3.47. The molecule has 0 N–H and O–H groups in total. The summed E-state index contributed by atoms with van der Waals surface area (Å²) in [7, 11) is 0. The monoisotopic (exact) mass is 317 g/mol. The molecule has 3 nitrogen and oxygen atoms in total. The molecule has 24 heavy (non-hydrogen) atoms. The summed E-state index contributed by atoms with van der Waals surface area (Å²) < 4.78 is 5.88. The Morgan fingerprint density at radius 2 is 1.29 bits per heavy atom. The molecule has 0 heterocycles. The average Bonchev–Trinajstić information content (AvgIpc) is 2.67. The lowest BCUT2D eigenvalue weighted by atomic mass is 10.2. The number of ether oxygens (including phenoxy) is 1. The molecule has 0 saturated heterocycles. The molecule has 3 aromatic rings. The van der Waals surface area contributed by atoms with E-state index < -0.39 is 0 Å². The molecule has 0 spiro atoms. The van der Waals surface area contributed by atoms with E-state index in [0.29, 0.717) is 18.3 Å². The first-order valence-corrected chi connectivity index (χ1v) is 7.94. The van der Waals surface area contributed by atoms with Gasteiger partial charge in [-0.1, -0.05) is 66.7 Å². The maximum atomic E-state index is 5.88. The van der Waals surface area contributed by atoms with Gasteiger partial charge < -0.3 is 9.57 Å². The fraction of sp³-hybridized carbons (Fsp3) is 0.0952. The van der Waals surface area contributed by atoms with E-state index in [1.54, 1.807) is 0 Å². The summed E-state index contributed by atoms with van der Waals surface area (Å²) >= 11 is 0. The number of benzene rings is 3. The van der Waals surface area contributed by atoms with Gasteiger partial charge in [-0.25, -0.2) is 0 Å². The van der Waals surface area contributed by atoms with Gasteiger partial charge in [0.05, 0.1) is 6.61 Å². The van der Waals surface area contributed by atoms with E-state index >= 15 is 0 Å². The highest BCUT2D eigenvalue weighted by Crippen LogP contribution is 2.11. The van der Waals surface area contributed by atoms with Crippen LogP contribution >= 0.6 is 0 Å². The maximum absolute atomic E-state index is 5.88. The van der Waals surface area contributed by atoms with Crippen molar-refractivity contribution in [2.24, 2.45) is 5.16 Å². The summed E-state index contributed by atoms with van der Waals surface area (Å²) in [5.41, 5.74) is 2.12. The number of hydrogen-bond acceptors (Lipinski definition) is 3. The molecule has 120 valence electrons. The molecule has 3 rings (SSSR count).